The molecule has 5 nitrogen and oxygen atoms in total. The molecule has 1 atom stereocenters. The molecule has 0 amide bonds. The van der Waals surface area contributed by atoms with Gasteiger partial charge in [0.15, 0.2) is 0 Å². The van der Waals surface area contributed by atoms with Crippen molar-refractivity contribution < 1.29 is 12.8 Å². The Labute approximate surface area is 128 Å². The highest BCUT2D eigenvalue weighted by atomic mass is 32.2. The van der Waals surface area contributed by atoms with Crippen molar-refractivity contribution in [1.29, 1.82) is 0 Å². The summed E-state index contributed by atoms with van der Waals surface area (Å²) in [6.45, 7) is 1.83. The van der Waals surface area contributed by atoms with Crippen LogP contribution in [0.2, 0.25) is 0 Å². The summed E-state index contributed by atoms with van der Waals surface area (Å²) >= 11 is 0. The lowest BCUT2D eigenvalue weighted by Crippen LogP contribution is -2.32. The molecule has 0 aliphatic carbocycles. The maximum absolute atomic E-state index is 11.8. The summed E-state index contributed by atoms with van der Waals surface area (Å²) in [6, 6.07) is 4.25. The van der Waals surface area contributed by atoms with Crippen molar-refractivity contribution in [3.63, 3.8) is 0 Å². The van der Waals surface area contributed by atoms with Crippen LogP contribution >= 0.6 is 0 Å². The largest absolute Gasteiger partial charge is 0.468 e. The van der Waals surface area contributed by atoms with Gasteiger partial charge >= 0.3 is 0 Å². The Hall–Kier alpha value is -0.850. The van der Waals surface area contributed by atoms with Gasteiger partial charge in [0.25, 0.3) is 0 Å². The number of furan rings is 1. The van der Waals surface area contributed by atoms with Crippen molar-refractivity contribution in [3.8, 4) is 0 Å². The molecule has 0 bridgehead atoms. The van der Waals surface area contributed by atoms with Crippen molar-refractivity contribution in [2.24, 2.45) is 0 Å². The SMILES string of the molecule is CN(C)S(=O)(=O)CCCN1CCCCCC1c1ccco1. The Bertz CT molecular complexity index is 511. The van der Waals surface area contributed by atoms with Gasteiger partial charge < -0.3 is 4.42 Å². The first-order valence-corrected chi connectivity index (χ1v) is 9.29. The minimum absolute atomic E-state index is 0.210. The lowest BCUT2D eigenvalue weighted by Gasteiger charge is -2.28. The van der Waals surface area contributed by atoms with Crippen LogP contribution in [0.1, 0.15) is 43.9 Å². The van der Waals surface area contributed by atoms with Crippen LogP contribution in [0.5, 0.6) is 0 Å². The Balaban J connectivity index is 1.95. The van der Waals surface area contributed by atoms with E-state index in [4.69, 9.17) is 4.42 Å². The van der Waals surface area contributed by atoms with Gasteiger partial charge in [-0.2, -0.15) is 0 Å². The summed E-state index contributed by atoms with van der Waals surface area (Å²) in [7, 11) is 0.0842. The zero-order chi connectivity index (χ0) is 15.3. The molecule has 0 spiro atoms. The van der Waals surface area contributed by atoms with Gasteiger partial charge in [0.05, 0.1) is 18.1 Å². The second-order valence-electron chi connectivity index (χ2n) is 5.87. The van der Waals surface area contributed by atoms with Gasteiger partial charge in [0.2, 0.25) is 10.0 Å². The fourth-order valence-electron chi connectivity index (χ4n) is 2.87. The molecule has 1 aliphatic heterocycles. The lowest BCUT2D eigenvalue weighted by molar-refractivity contribution is 0.178. The molecular weight excluding hydrogens is 288 g/mol. The van der Waals surface area contributed by atoms with E-state index in [2.05, 4.69) is 4.90 Å². The number of sulfonamides is 1. The maximum atomic E-state index is 11.8. The van der Waals surface area contributed by atoms with Crippen molar-refractivity contribution >= 4 is 10.0 Å². The lowest BCUT2D eigenvalue weighted by atomic mass is 10.1. The van der Waals surface area contributed by atoms with Crippen LogP contribution in [0, 0.1) is 0 Å². The van der Waals surface area contributed by atoms with Gasteiger partial charge in [-0.3, -0.25) is 4.90 Å². The third-order valence-electron chi connectivity index (χ3n) is 4.14. The average Bonchev–Trinajstić information content (AvgIpc) is 2.85. The van der Waals surface area contributed by atoms with Gasteiger partial charge in [0.1, 0.15) is 5.76 Å². The van der Waals surface area contributed by atoms with Crippen LogP contribution in [0.4, 0.5) is 0 Å². The molecule has 6 heteroatoms. The van der Waals surface area contributed by atoms with Crippen LogP contribution in [0.25, 0.3) is 0 Å². The first-order chi connectivity index (χ1) is 10.0. The molecule has 1 unspecified atom stereocenters. The van der Waals surface area contributed by atoms with Gasteiger partial charge in [-0.15, -0.1) is 0 Å². The van der Waals surface area contributed by atoms with Gasteiger partial charge in [-0.25, -0.2) is 12.7 Å². The third-order valence-corrected chi connectivity index (χ3v) is 6.06. The molecule has 120 valence electrons. The van der Waals surface area contributed by atoms with Gasteiger partial charge in [-0.1, -0.05) is 12.8 Å². The average molecular weight is 314 g/mol. The summed E-state index contributed by atoms with van der Waals surface area (Å²) in [5, 5.41) is 0. The molecule has 0 aromatic carbocycles. The van der Waals surface area contributed by atoms with Crippen LogP contribution in [0.15, 0.2) is 22.8 Å². The van der Waals surface area contributed by atoms with Gasteiger partial charge in [0, 0.05) is 14.1 Å². The number of rotatable bonds is 6. The maximum Gasteiger partial charge on any atom is 0.213 e. The van der Waals surface area contributed by atoms with E-state index in [9.17, 15) is 8.42 Å². The minimum atomic E-state index is -3.10. The standard InChI is InChI=1S/C15H26N2O3S/c1-16(2)21(18,19)13-7-11-17-10-5-3-4-8-14(17)15-9-6-12-20-15/h6,9,12,14H,3-5,7-8,10-11,13H2,1-2H3. The number of nitrogens with zero attached hydrogens (tertiary/aromatic N) is 2. The minimum Gasteiger partial charge on any atom is -0.468 e. The molecule has 0 N–H and O–H groups in total. The summed E-state index contributed by atoms with van der Waals surface area (Å²) in [6.07, 6.45) is 7.10. The van der Waals surface area contributed by atoms with E-state index in [-0.39, 0.29) is 5.75 Å². The van der Waals surface area contributed by atoms with Crippen molar-refractivity contribution in [2.75, 3.05) is 32.9 Å². The fourth-order valence-corrected chi connectivity index (χ4v) is 3.73. The molecule has 1 aromatic rings. The Morgan fingerprint density at radius 3 is 2.81 bits per heavy atom. The zero-order valence-electron chi connectivity index (χ0n) is 13.0. The summed E-state index contributed by atoms with van der Waals surface area (Å²) in [5.74, 6) is 1.22. The van der Waals surface area contributed by atoms with E-state index in [0.717, 1.165) is 25.3 Å². The van der Waals surface area contributed by atoms with Crippen LogP contribution < -0.4 is 0 Å². The molecule has 1 aliphatic rings. The highest BCUT2D eigenvalue weighted by Gasteiger charge is 2.25. The van der Waals surface area contributed by atoms with E-state index >= 15 is 0 Å². The molecule has 1 aromatic heterocycles. The molecule has 0 saturated carbocycles. The number of hydrogen-bond acceptors (Lipinski definition) is 4. The number of hydrogen-bond donors (Lipinski definition) is 0. The van der Waals surface area contributed by atoms with E-state index in [0.29, 0.717) is 12.5 Å². The van der Waals surface area contributed by atoms with E-state index < -0.39 is 10.0 Å². The Morgan fingerprint density at radius 1 is 1.33 bits per heavy atom. The van der Waals surface area contributed by atoms with E-state index in [1.165, 1.54) is 23.6 Å². The molecule has 2 heterocycles. The van der Waals surface area contributed by atoms with Crippen molar-refractivity contribution in [1.82, 2.24) is 9.21 Å². The molecule has 1 fully saturated rings. The van der Waals surface area contributed by atoms with Crippen LogP contribution in [0.3, 0.4) is 0 Å². The monoisotopic (exact) mass is 314 g/mol. The van der Waals surface area contributed by atoms with Crippen molar-refractivity contribution in [2.45, 2.75) is 38.1 Å². The Kier molecular flexibility index (Phi) is 5.84. The topological polar surface area (TPSA) is 53.8 Å². The molecule has 2 rings (SSSR count). The molecule has 0 radical (unpaired) electrons. The summed E-state index contributed by atoms with van der Waals surface area (Å²) < 4.78 is 30.6. The first-order valence-electron chi connectivity index (χ1n) is 7.68. The fraction of sp³-hybridized carbons (Fsp3) is 0.733. The third kappa shape index (κ3) is 4.56. The van der Waals surface area contributed by atoms with Crippen LogP contribution in [-0.2, 0) is 10.0 Å². The summed E-state index contributed by atoms with van der Waals surface area (Å²) in [5.41, 5.74) is 0. The predicted octanol–water partition coefficient (Wildman–Crippen LogP) is 2.48. The summed E-state index contributed by atoms with van der Waals surface area (Å²) in [4.78, 5) is 2.39. The Morgan fingerprint density at radius 2 is 2.14 bits per heavy atom. The van der Waals surface area contributed by atoms with Crippen molar-refractivity contribution in [3.05, 3.63) is 24.2 Å². The normalized spacial score (nSPS) is 21.6. The second-order valence-corrected chi connectivity index (χ2v) is 8.17. The smallest absolute Gasteiger partial charge is 0.213 e. The number of likely N-dealkylation sites (tertiary alicyclic amines) is 1. The van der Waals surface area contributed by atoms with Gasteiger partial charge in [-0.05, 0) is 44.5 Å². The zero-order valence-corrected chi connectivity index (χ0v) is 13.8. The van der Waals surface area contributed by atoms with Crippen LogP contribution in [-0.4, -0.2) is 50.6 Å². The predicted molar refractivity (Wildman–Crippen MR) is 83.6 cm³/mol. The molecule has 1 saturated heterocycles. The highest BCUT2D eigenvalue weighted by Crippen LogP contribution is 2.30. The molecule has 21 heavy (non-hydrogen) atoms. The van der Waals surface area contributed by atoms with E-state index in [1.807, 2.05) is 12.1 Å². The quantitative estimate of drug-likeness (QED) is 0.809. The van der Waals surface area contributed by atoms with E-state index in [1.54, 1.807) is 20.4 Å². The molecular formula is C15H26N2O3S. The second kappa shape index (κ2) is 7.42. The highest BCUT2D eigenvalue weighted by molar-refractivity contribution is 7.89. The first kappa shape index (κ1) is 16.5.